The van der Waals surface area contributed by atoms with Crippen molar-refractivity contribution in [3.8, 4) is 0 Å². The summed E-state index contributed by atoms with van der Waals surface area (Å²) in [6.07, 6.45) is -4.21. The highest BCUT2D eigenvalue weighted by Gasteiger charge is 2.37. The number of rotatable bonds is 1. The van der Waals surface area contributed by atoms with Gasteiger partial charge in [0.1, 0.15) is 5.56 Å². The number of aromatic nitrogens is 1. The maximum absolute atomic E-state index is 13.1. The Balaban J connectivity index is 3.41. The molecule has 0 aliphatic rings. The van der Waals surface area contributed by atoms with Gasteiger partial charge in [0.25, 0.3) is 5.91 Å². The van der Waals surface area contributed by atoms with E-state index in [1.165, 1.54) is 0 Å². The first-order valence-corrected chi connectivity index (χ1v) is 3.99. The highest BCUT2D eigenvalue weighted by atomic mass is 19.4. The largest absolute Gasteiger partial charge is 0.417 e. The quantitative estimate of drug-likeness (QED) is 0.262. The molecule has 1 aromatic rings. The standard InChI is InChI=1S/C8H7F4N3O/c1-15(13)7(16)5-4(8(10,11)12)2-3-14-6(5)9/h2-3H,13H2,1H3. The lowest BCUT2D eigenvalue weighted by molar-refractivity contribution is -0.138. The van der Waals surface area contributed by atoms with Crippen LogP contribution in [0.1, 0.15) is 15.9 Å². The minimum absolute atomic E-state index is 0.356. The van der Waals surface area contributed by atoms with E-state index in [0.29, 0.717) is 17.3 Å². The van der Waals surface area contributed by atoms with Gasteiger partial charge in [-0.25, -0.2) is 10.8 Å². The molecule has 0 fully saturated rings. The fraction of sp³-hybridized carbons (Fsp3) is 0.250. The molecule has 0 aliphatic carbocycles. The summed E-state index contributed by atoms with van der Waals surface area (Å²) in [7, 11) is 1.01. The highest BCUT2D eigenvalue weighted by molar-refractivity contribution is 5.95. The molecule has 0 saturated carbocycles. The normalized spacial score (nSPS) is 11.4. The second kappa shape index (κ2) is 4.05. The molecular weight excluding hydrogens is 230 g/mol. The van der Waals surface area contributed by atoms with E-state index in [2.05, 4.69) is 4.98 Å². The maximum Gasteiger partial charge on any atom is 0.417 e. The predicted molar refractivity (Wildman–Crippen MR) is 45.5 cm³/mol. The van der Waals surface area contributed by atoms with Crippen molar-refractivity contribution in [1.82, 2.24) is 9.99 Å². The Kier molecular flexibility index (Phi) is 3.13. The summed E-state index contributed by atoms with van der Waals surface area (Å²) < 4.78 is 50.4. The van der Waals surface area contributed by atoms with Crippen LogP contribution in [-0.4, -0.2) is 22.9 Å². The lowest BCUT2D eigenvalue weighted by Gasteiger charge is -2.15. The molecule has 1 amide bonds. The third-order valence-corrected chi connectivity index (χ3v) is 1.74. The van der Waals surface area contributed by atoms with Gasteiger partial charge in [-0.3, -0.25) is 9.80 Å². The second-order valence-corrected chi connectivity index (χ2v) is 2.94. The van der Waals surface area contributed by atoms with Gasteiger partial charge in [0.05, 0.1) is 5.56 Å². The molecule has 1 rings (SSSR count). The summed E-state index contributed by atoms with van der Waals surface area (Å²) in [6.45, 7) is 0. The van der Waals surface area contributed by atoms with Crippen LogP contribution in [0, 0.1) is 5.95 Å². The molecule has 0 spiro atoms. The number of pyridine rings is 1. The molecule has 0 aliphatic heterocycles. The van der Waals surface area contributed by atoms with Crippen LogP contribution < -0.4 is 5.84 Å². The minimum atomic E-state index is -4.84. The van der Waals surface area contributed by atoms with Gasteiger partial charge in [-0.1, -0.05) is 0 Å². The first-order valence-electron chi connectivity index (χ1n) is 3.99. The summed E-state index contributed by atoms with van der Waals surface area (Å²) in [4.78, 5) is 14.2. The van der Waals surface area contributed by atoms with Gasteiger partial charge in [0.15, 0.2) is 0 Å². The summed E-state index contributed by atoms with van der Waals surface area (Å²) >= 11 is 0. The molecule has 0 radical (unpaired) electrons. The van der Waals surface area contributed by atoms with Gasteiger partial charge in [-0.2, -0.15) is 17.6 Å². The van der Waals surface area contributed by atoms with E-state index in [4.69, 9.17) is 5.84 Å². The Morgan fingerprint density at radius 1 is 1.50 bits per heavy atom. The van der Waals surface area contributed by atoms with Crippen LogP contribution in [0.2, 0.25) is 0 Å². The molecule has 2 N–H and O–H groups in total. The SMILES string of the molecule is CN(N)C(=O)c1c(C(F)(F)F)ccnc1F. The number of alkyl halides is 3. The zero-order chi connectivity index (χ0) is 12.5. The van der Waals surface area contributed by atoms with Crippen LogP contribution in [0.25, 0.3) is 0 Å². The van der Waals surface area contributed by atoms with E-state index < -0.39 is 29.2 Å². The fourth-order valence-electron chi connectivity index (χ4n) is 1.05. The molecule has 0 bridgehead atoms. The molecule has 4 nitrogen and oxygen atoms in total. The van der Waals surface area contributed by atoms with Crippen LogP contribution >= 0.6 is 0 Å². The number of amides is 1. The van der Waals surface area contributed by atoms with E-state index >= 15 is 0 Å². The number of carbonyl (C=O) groups excluding carboxylic acids is 1. The Bertz CT molecular complexity index is 416. The third-order valence-electron chi connectivity index (χ3n) is 1.74. The maximum atomic E-state index is 13.1. The Morgan fingerprint density at radius 2 is 2.06 bits per heavy atom. The van der Waals surface area contributed by atoms with Crippen molar-refractivity contribution in [3.05, 3.63) is 29.3 Å². The number of carbonyl (C=O) groups is 1. The molecule has 8 heteroatoms. The molecule has 1 aromatic heterocycles. The molecule has 0 atom stereocenters. The van der Waals surface area contributed by atoms with E-state index in [9.17, 15) is 22.4 Å². The number of hydrogen-bond donors (Lipinski definition) is 1. The zero-order valence-electron chi connectivity index (χ0n) is 8.05. The second-order valence-electron chi connectivity index (χ2n) is 2.94. The van der Waals surface area contributed by atoms with Crippen molar-refractivity contribution >= 4 is 5.91 Å². The van der Waals surface area contributed by atoms with Gasteiger partial charge in [-0.15, -0.1) is 0 Å². The molecule has 16 heavy (non-hydrogen) atoms. The summed E-state index contributed by atoms with van der Waals surface area (Å²) in [5.74, 6) is 2.17. The van der Waals surface area contributed by atoms with Crippen molar-refractivity contribution in [2.75, 3.05) is 7.05 Å². The molecule has 1 heterocycles. The number of halogens is 4. The zero-order valence-corrected chi connectivity index (χ0v) is 8.05. The molecule has 0 saturated heterocycles. The van der Waals surface area contributed by atoms with Crippen molar-refractivity contribution < 1.29 is 22.4 Å². The smallest absolute Gasteiger partial charge is 0.280 e. The van der Waals surface area contributed by atoms with E-state index in [0.717, 1.165) is 7.05 Å². The van der Waals surface area contributed by atoms with E-state index in [1.54, 1.807) is 0 Å². The van der Waals surface area contributed by atoms with Crippen LogP contribution in [-0.2, 0) is 6.18 Å². The van der Waals surface area contributed by atoms with Gasteiger partial charge in [0.2, 0.25) is 5.95 Å². The average Bonchev–Trinajstić information content (AvgIpc) is 2.14. The fourth-order valence-corrected chi connectivity index (χ4v) is 1.05. The van der Waals surface area contributed by atoms with Crippen molar-refractivity contribution in [2.24, 2.45) is 5.84 Å². The first kappa shape index (κ1) is 12.4. The summed E-state index contributed by atoms with van der Waals surface area (Å²) in [5.41, 5.74) is -2.58. The number of hydrazine groups is 1. The predicted octanol–water partition coefficient (Wildman–Crippen LogP) is 1.19. The topological polar surface area (TPSA) is 59.2 Å². The number of nitrogens with zero attached hydrogens (tertiary/aromatic N) is 2. The lowest BCUT2D eigenvalue weighted by Crippen LogP contribution is -2.35. The number of nitrogens with two attached hydrogens (primary N) is 1. The molecule has 0 unspecified atom stereocenters. The first-order chi connectivity index (χ1) is 7.25. The van der Waals surface area contributed by atoms with Gasteiger partial charge < -0.3 is 0 Å². The van der Waals surface area contributed by atoms with Gasteiger partial charge in [-0.05, 0) is 6.07 Å². The van der Waals surface area contributed by atoms with E-state index in [1.807, 2.05) is 0 Å². The minimum Gasteiger partial charge on any atom is -0.280 e. The van der Waals surface area contributed by atoms with Gasteiger partial charge >= 0.3 is 6.18 Å². The summed E-state index contributed by atoms with van der Waals surface area (Å²) in [5, 5.41) is 0.356. The van der Waals surface area contributed by atoms with Crippen molar-refractivity contribution in [2.45, 2.75) is 6.18 Å². The number of hydrogen-bond acceptors (Lipinski definition) is 3. The third kappa shape index (κ3) is 2.27. The van der Waals surface area contributed by atoms with Crippen LogP contribution in [0.3, 0.4) is 0 Å². The summed E-state index contributed by atoms with van der Waals surface area (Å²) in [6, 6.07) is 0.514. The van der Waals surface area contributed by atoms with E-state index in [-0.39, 0.29) is 0 Å². The lowest BCUT2D eigenvalue weighted by atomic mass is 10.1. The van der Waals surface area contributed by atoms with Crippen LogP contribution in [0.5, 0.6) is 0 Å². The molecular formula is C8H7F4N3O. The Hall–Kier alpha value is -1.70. The average molecular weight is 237 g/mol. The van der Waals surface area contributed by atoms with Crippen LogP contribution in [0.4, 0.5) is 17.6 Å². The Labute approximate surface area is 87.6 Å². The van der Waals surface area contributed by atoms with Crippen molar-refractivity contribution in [3.63, 3.8) is 0 Å². The monoisotopic (exact) mass is 237 g/mol. The Morgan fingerprint density at radius 3 is 2.50 bits per heavy atom. The highest BCUT2D eigenvalue weighted by Crippen LogP contribution is 2.32. The van der Waals surface area contributed by atoms with Gasteiger partial charge in [0, 0.05) is 13.2 Å². The molecule has 0 aromatic carbocycles. The van der Waals surface area contributed by atoms with Crippen molar-refractivity contribution in [1.29, 1.82) is 0 Å². The van der Waals surface area contributed by atoms with Crippen LogP contribution in [0.15, 0.2) is 12.3 Å². The molecule has 88 valence electrons.